The lowest BCUT2D eigenvalue weighted by atomic mass is 9.67. The predicted octanol–water partition coefficient (Wildman–Crippen LogP) is 2.73. The molecule has 0 saturated carbocycles. The molecule has 2 fully saturated rings. The number of imide groups is 1. The number of benzene rings is 2. The van der Waals surface area contributed by atoms with E-state index in [9.17, 15) is 9.59 Å². The summed E-state index contributed by atoms with van der Waals surface area (Å²) in [4.78, 5) is 29.7. The summed E-state index contributed by atoms with van der Waals surface area (Å²) in [5, 5.41) is 3.34. The van der Waals surface area contributed by atoms with Crippen LogP contribution in [0.2, 0.25) is 0 Å². The van der Waals surface area contributed by atoms with Crippen molar-refractivity contribution in [3.05, 3.63) is 84.1 Å². The van der Waals surface area contributed by atoms with E-state index in [4.69, 9.17) is 7.85 Å². The summed E-state index contributed by atoms with van der Waals surface area (Å²) < 4.78 is 0. The van der Waals surface area contributed by atoms with Crippen LogP contribution >= 0.6 is 0 Å². The normalized spacial score (nSPS) is 19.8. The van der Waals surface area contributed by atoms with E-state index in [1.807, 2.05) is 55.5 Å². The highest BCUT2D eigenvalue weighted by Gasteiger charge is 2.59. The molecule has 2 aromatic rings. The minimum atomic E-state index is -0.684. The van der Waals surface area contributed by atoms with Crippen LogP contribution in [0.3, 0.4) is 0 Å². The van der Waals surface area contributed by atoms with Crippen molar-refractivity contribution in [3.8, 4) is 0 Å². The lowest BCUT2D eigenvalue weighted by molar-refractivity contribution is -0.140. The van der Waals surface area contributed by atoms with Crippen LogP contribution in [0.25, 0.3) is 5.70 Å². The van der Waals surface area contributed by atoms with Crippen LogP contribution in [-0.2, 0) is 9.59 Å². The third kappa shape index (κ3) is 4.10. The SMILES string of the molecule is [B]c1ccc(C)cc1C(=C)NCC(=C)N1CCC2(CC1)C(=O)N(C)C(=O)C2c1ccccc1. The lowest BCUT2D eigenvalue weighted by Gasteiger charge is -2.42. The minimum Gasteiger partial charge on any atom is -0.380 e. The van der Waals surface area contributed by atoms with Crippen molar-refractivity contribution in [3.63, 3.8) is 0 Å². The van der Waals surface area contributed by atoms with Gasteiger partial charge < -0.3 is 10.2 Å². The minimum absolute atomic E-state index is 0.0620. The standard InChI is InChI=1S/C27H30BN3O2/c1-18-10-11-23(28)22(16-18)20(3)29-17-19(2)31-14-12-27(13-15-31)24(21-8-6-5-7-9-21)25(32)30(4)26(27)33/h5-11,16,24,29H,2-3,12-15,17H2,1,4H3. The number of piperidine rings is 1. The summed E-state index contributed by atoms with van der Waals surface area (Å²) in [6, 6.07) is 15.6. The van der Waals surface area contributed by atoms with Gasteiger partial charge in [0.05, 0.1) is 17.9 Å². The van der Waals surface area contributed by atoms with Gasteiger partial charge in [0.1, 0.15) is 7.85 Å². The maximum Gasteiger partial charge on any atom is 0.237 e. The van der Waals surface area contributed by atoms with E-state index in [2.05, 4.69) is 23.4 Å². The Hall–Kier alpha value is -3.28. The summed E-state index contributed by atoms with van der Waals surface area (Å²) >= 11 is 0. The van der Waals surface area contributed by atoms with Gasteiger partial charge in [0, 0.05) is 31.5 Å². The van der Waals surface area contributed by atoms with E-state index in [-0.39, 0.29) is 11.8 Å². The molecule has 6 heteroatoms. The van der Waals surface area contributed by atoms with Gasteiger partial charge in [-0.25, -0.2) is 0 Å². The molecule has 2 amide bonds. The first kappa shape index (κ1) is 22.9. The van der Waals surface area contributed by atoms with E-state index in [0.29, 0.717) is 37.9 Å². The van der Waals surface area contributed by atoms with Crippen LogP contribution in [0.5, 0.6) is 0 Å². The lowest BCUT2D eigenvalue weighted by Crippen LogP contribution is -2.46. The molecule has 2 saturated heterocycles. The molecule has 0 bridgehead atoms. The number of carbonyl (C=O) groups is 2. The van der Waals surface area contributed by atoms with Gasteiger partial charge >= 0.3 is 0 Å². The van der Waals surface area contributed by atoms with Crippen LogP contribution in [0.4, 0.5) is 0 Å². The van der Waals surface area contributed by atoms with Crippen LogP contribution < -0.4 is 10.8 Å². The average molecular weight is 439 g/mol. The summed E-state index contributed by atoms with van der Waals surface area (Å²) in [6.45, 7) is 12.3. The van der Waals surface area contributed by atoms with Crippen molar-refractivity contribution in [1.82, 2.24) is 15.1 Å². The monoisotopic (exact) mass is 439 g/mol. The van der Waals surface area contributed by atoms with Gasteiger partial charge in [-0.1, -0.05) is 72.7 Å². The molecule has 1 N–H and O–H groups in total. The molecule has 0 aromatic heterocycles. The van der Waals surface area contributed by atoms with E-state index in [1.165, 1.54) is 4.90 Å². The molecular weight excluding hydrogens is 409 g/mol. The number of hydrogen-bond donors (Lipinski definition) is 1. The molecule has 2 aliphatic rings. The van der Waals surface area contributed by atoms with Gasteiger partial charge in [-0.3, -0.25) is 14.5 Å². The van der Waals surface area contributed by atoms with Crippen molar-refractivity contribution in [2.45, 2.75) is 25.7 Å². The fourth-order valence-electron chi connectivity index (χ4n) is 5.17. The highest BCUT2D eigenvalue weighted by atomic mass is 16.2. The Bertz CT molecular complexity index is 1100. The van der Waals surface area contributed by atoms with E-state index >= 15 is 0 Å². The Morgan fingerprint density at radius 3 is 2.45 bits per heavy atom. The number of rotatable bonds is 6. The fraction of sp³-hybridized carbons (Fsp3) is 0.333. The number of likely N-dealkylation sites (tertiary alicyclic amines) is 2. The van der Waals surface area contributed by atoms with Crippen LogP contribution in [-0.4, -0.2) is 56.1 Å². The molecule has 4 rings (SSSR count). The number of nitrogens with one attached hydrogen (secondary N) is 1. The zero-order chi connectivity index (χ0) is 23.8. The zero-order valence-corrected chi connectivity index (χ0v) is 19.4. The largest absolute Gasteiger partial charge is 0.380 e. The smallest absolute Gasteiger partial charge is 0.237 e. The average Bonchev–Trinajstić information content (AvgIpc) is 3.00. The van der Waals surface area contributed by atoms with E-state index < -0.39 is 11.3 Å². The maximum absolute atomic E-state index is 13.2. The first-order valence-electron chi connectivity index (χ1n) is 11.3. The Balaban J connectivity index is 1.42. The third-order valence-corrected chi connectivity index (χ3v) is 7.14. The van der Waals surface area contributed by atoms with Gasteiger partial charge in [0.2, 0.25) is 11.8 Å². The van der Waals surface area contributed by atoms with Crippen LogP contribution in [0.15, 0.2) is 67.4 Å². The molecule has 1 unspecified atom stereocenters. The molecular formula is C27H30BN3O2. The Labute approximate surface area is 197 Å². The summed E-state index contributed by atoms with van der Waals surface area (Å²) in [5.41, 5.74) is 4.62. The summed E-state index contributed by atoms with van der Waals surface area (Å²) in [6.07, 6.45) is 1.23. The van der Waals surface area contributed by atoms with Crippen molar-refractivity contribution >= 4 is 30.8 Å². The molecule has 33 heavy (non-hydrogen) atoms. The third-order valence-electron chi connectivity index (χ3n) is 7.14. The second-order valence-electron chi connectivity index (χ2n) is 9.18. The number of hydrogen-bond acceptors (Lipinski definition) is 4. The fourth-order valence-corrected chi connectivity index (χ4v) is 5.17. The molecule has 1 spiro atoms. The molecule has 2 radical (unpaired) electrons. The van der Waals surface area contributed by atoms with E-state index in [0.717, 1.165) is 28.1 Å². The number of aryl methyl sites for hydroxylation is 1. The van der Waals surface area contributed by atoms with Gasteiger partial charge in [-0.15, -0.1) is 0 Å². The van der Waals surface area contributed by atoms with Crippen molar-refractivity contribution < 1.29 is 9.59 Å². The summed E-state index contributed by atoms with van der Waals surface area (Å²) in [7, 11) is 7.71. The molecule has 5 nitrogen and oxygen atoms in total. The molecule has 2 aromatic carbocycles. The van der Waals surface area contributed by atoms with Crippen LogP contribution in [0.1, 0.15) is 35.4 Å². The molecule has 168 valence electrons. The number of nitrogens with zero attached hydrogens (tertiary/aromatic N) is 2. The molecule has 0 aliphatic carbocycles. The maximum atomic E-state index is 13.2. The Kier molecular flexibility index (Phi) is 6.20. The Morgan fingerprint density at radius 2 is 1.79 bits per heavy atom. The highest BCUT2D eigenvalue weighted by Crippen LogP contribution is 2.51. The number of carbonyl (C=O) groups excluding carboxylic acids is 2. The van der Waals surface area contributed by atoms with Crippen molar-refractivity contribution in [2.75, 3.05) is 26.7 Å². The van der Waals surface area contributed by atoms with Gasteiger partial charge in [0.15, 0.2) is 0 Å². The van der Waals surface area contributed by atoms with Crippen molar-refractivity contribution in [2.24, 2.45) is 5.41 Å². The summed E-state index contributed by atoms with van der Waals surface area (Å²) in [5.74, 6) is -0.589. The molecule has 2 aliphatic heterocycles. The van der Waals surface area contributed by atoms with Crippen LogP contribution in [0, 0.1) is 12.3 Å². The molecule has 2 heterocycles. The Morgan fingerprint density at radius 1 is 1.12 bits per heavy atom. The number of likely N-dealkylation sites (N-methyl/N-ethyl adjacent to an activating group) is 1. The highest BCUT2D eigenvalue weighted by molar-refractivity contribution is 6.34. The van der Waals surface area contributed by atoms with Gasteiger partial charge in [-0.05, 0) is 30.9 Å². The molecule has 1 atom stereocenters. The number of amides is 2. The quantitative estimate of drug-likeness (QED) is 0.556. The first-order chi connectivity index (χ1) is 15.7. The predicted molar refractivity (Wildman–Crippen MR) is 133 cm³/mol. The zero-order valence-electron chi connectivity index (χ0n) is 19.4. The van der Waals surface area contributed by atoms with E-state index in [1.54, 1.807) is 7.05 Å². The second-order valence-corrected chi connectivity index (χ2v) is 9.18. The van der Waals surface area contributed by atoms with Gasteiger partial charge in [0.25, 0.3) is 0 Å². The van der Waals surface area contributed by atoms with Gasteiger partial charge in [-0.2, -0.15) is 0 Å². The topological polar surface area (TPSA) is 52.7 Å². The second kappa shape index (κ2) is 8.93. The van der Waals surface area contributed by atoms with Crippen molar-refractivity contribution in [1.29, 1.82) is 0 Å². The first-order valence-corrected chi connectivity index (χ1v) is 11.3.